The first-order valence-corrected chi connectivity index (χ1v) is 7.51. The van der Waals surface area contributed by atoms with E-state index >= 15 is 0 Å². The number of rotatable bonds is 4. The van der Waals surface area contributed by atoms with Crippen LogP contribution in [0.2, 0.25) is 0 Å². The lowest BCUT2D eigenvalue weighted by Crippen LogP contribution is -2.37. The maximum Gasteiger partial charge on any atom is 0.228 e. The van der Waals surface area contributed by atoms with Gasteiger partial charge in [-0.2, -0.15) is 0 Å². The van der Waals surface area contributed by atoms with E-state index in [1.807, 2.05) is 30.3 Å². The average molecular weight is 297 g/mol. The number of carbonyl (C=O) groups excluding carboxylic acids is 1. The van der Waals surface area contributed by atoms with Crippen LogP contribution < -0.4 is 15.4 Å². The molecule has 1 unspecified atom stereocenters. The Hall–Kier alpha value is -2.40. The first-order chi connectivity index (χ1) is 10.8. The lowest BCUT2D eigenvalue weighted by atomic mass is 9.99. The highest BCUT2D eigenvalue weighted by atomic mass is 16.5. The van der Waals surface area contributed by atoms with Crippen LogP contribution in [-0.4, -0.2) is 24.0 Å². The lowest BCUT2D eigenvalue weighted by Gasteiger charge is -2.22. The smallest absolute Gasteiger partial charge is 0.228 e. The highest BCUT2D eigenvalue weighted by molar-refractivity contribution is 5.94. The van der Waals surface area contributed by atoms with E-state index in [1.54, 1.807) is 18.5 Å². The Morgan fingerprint density at radius 2 is 2.14 bits per heavy atom. The summed E-state index contributed by atoms with van der Waals surface area (Å²) in [7, 11) is 0. The SMILES string of the molecule is O=C(Nc1cnccc1Oc1ccccc1)C1CCCNC1. The molecule has 0 spiro atoms. The summed E-state index contributed by atoms with van der Waals surface area (Å²) in [6.07, 6.45) is 5.20. The molecular formula is C17H19N3O2. The molecule has 1 amide bonds. The number of nitrogens with one attached hydrogen (secondary N) is 2. The molecule has 2 heterocycles. The normalized spacial score (nSPS) is 17.7. The highest BCUT2D eigenvalue weighted by Crippen LogP contribution is 2.28. The molecule has 1 saturated heterocycles. The maximum atomic E-state index is 12.3. The minimum atomic E-state index is -0.00136. The fourth-order valence-electron chi connectivity index (χ4n) is 2.49. The Kier molecular flexibility index (Phi) is 4.65. The van der Waals surface area contributed by atoms with Gasteiger partial charge < -0.3 is 15.4 Å². The van der Waals surface area contributed by atoms with Crippen molar-refractivity contribution in [2.45, 2.75) is 12.8 Å². The van der Waals surface area contributed by atoms with E-state index in [9.17, 15) is 4.79 Å². The van der Waals surface area contributed by atoms with Crippen LogP contribution in [0.15, 0.2) is 48.8 Å². The monoisotopic (exact) mass is 297 g/mol. The zero-order valence-corrected chi connectivity index (χ0v) is 12.3. The molecule has 5 nitrogen and oxygen atoms in total. The summed E-state index contributed by atoms with van der Waals surface area (Å²) in [4.78, 5) is 16.4. The molecule has 0 bridgehead atoms. The quantitative estimate of drug-likeness (QED) is 0.911. The van der Waals surface area contributed by atoms with Crippen LogP contribution in [-0.2, 0) is 4.79 Å². The highest BCUT2D eigenvalue weighted by Gasteiger charge is 2.21. The molecule has 1 aromatic heterocycles. The van der Waals surface area contributed by atoms with Crippen molar-refractivity contribution in [2.75, 3.05) is 18.4 Å². The fourth-order valence-corrected chi connectivity index (χ4v) is 2.49. The number of nitrogens with zero attached hydrogens (tertiary/aromatic N) is 1. The van der Waals surface area contributed by atoms with Gasteiger partial charge in [0.05, 0.1) is 12.1 Å². The number of aromatic nitrogens is 1. The van der Waals surface area contributed by atoms with E-state index in [-0.39, 0.29) is 11.8 Å². The Balaban J connectivity index is 1.72. The maximum absolute atomic E-state index is 12.3. The van der Waals surface area contributed by atoms with Crippen molar-refractivity contribution in [3.8, 4) is 11.5 Å². The van der Waals surface area contributed by atoms with Crippen molar-refractivity contribution in [1.82, 2.24) is 10.3 Å². The first kappa shape index (κ1) is 14.5. The van der Waals surface area contributed by atoms with Crippen LogP contribution >= 0.6 is 0 Å². The topological polar surface area (TPSA) is 63.2 Å². The molecular weight excluding hydrogens is 278 g/mol. The third-order valence-electron chi connectivity index (χ3n) is 3.68. The van der Waals surface area contributed by atoms with Gasteiger partial charge in [-0.15, -0.1) is 0 Å². The molecule has 1 atom stereocenters. The van der Waals surface area contributed by atoms with Gasteiger partial charge in [0, 0.05) is 18.8 Å². The van der Waals surface area contributed by atoms with Crippen LogP contribution in [0.3, 0.4) is 0 Å². The second-order valence-electron chi connectivity index (χ2n) is 5.32. The van der Waals surface area contributed by atoms with Crippen LogP contribution in [0.1, 0.15) is 12.8 Å². The molecule has 22 heavy (non-hydrogen) atoms. The Morgan fingerprint density at radius 1 is 1.27 bits per heavy atom. The molecule has 0 saturated carbocycles. The van der Waals surface area contributed by atoms with E-state index in [1.165, 1.54) is 0 Å². The summed E-state index contributed by atoms with van der Waals surface area (Å²) >= 11 is 0. The van der Waals surface area contributed by atoms with Crippen molar-refractivity contribution in [3.63, 3.8) is 0 Å². The summed E-state index contributed by atoms with van der Waals surface area (Å²) in [5, 5.41) is 6.18. The van der Waals surface area contributed by atoms with Gasteiger partial charge in [0.15, 0.2) is 5.75 Å². The minimum Gasteiger partial charge on any atom is -0.455 e. The number of anilines is 1. The van der Waals surface area contributed by atoms with Gasteiger partial charge in [-0.05, 0) is 31.5 Å². The van der Waals surface area contributed by atoms with E-state index in [2.05, 4.69) is 15.6 Å². The Morgan fingerprint density at radius 3 is 2.91 bits per heavy atom. The van der Waals surface area contributed by atoms with Gasteiger partial charge in [-0.25, -0.2) is 0 Å². The average Bonchev–Trinajstić information content (AvgIpc) is 2.58. The van der Waals surface area contributed by atoms with Crippen LogP contribution in [0.5, 0.6) is 11.5 Å². The van der Waals surface area contributed by atoms with E-state index in [0.717, 1.165) is 31.7 Å². The van der Waals surface area contributed by atoms with Crippen LogP contribution in [0.4, 0.5) is 5.69 Å². The molecule has 2 aromatic rings. The van der Waals surface area contributed by atoms with E-state index in [4.69, 9.17) is 4.74 Å². The van der Waals surface area contributed by atoms with Crippen LogP contribution in [0, 0.1) is 5.92 Å². The van der Waals surface area contributed by atoms with Crippen molar-refractivity contribution < 1.29 is 9.53 Å². The van der Waals surface area contributed by atoms with Gasteiger partial charge in [0.25, 0.3) is 0 Å². The number of carbonyl (C=O) groups is 1. The van der Waals surface area contributed by atoms with Crippen molar-refractivity contribution in [1.29, 1.82) is 0 Å². The Bertz CT molecular complexity index is 625. The molecule has 1 fully saturated rings. The number of hydrogen-bond acceptors (Lipinski definition) is 4. The summed E-state index contributed by atoms with van der Waals surface area (Å²) in [5.41, 5.74) is 0.599. The van der Waals surface area contributed by atoms with Gasteiger partial charge in [-0.3, -0.25) is 9.78 Å². The number of pyridine rings is 1. The predicted molar refractivity (Wildman–Crippen MR) is 85.0 cm³/mol. The molecule has 5 heteroatoms. The van der Waals surface area contributed by atoms with Gasteiger partial charge in [0.2, 0.25) is 5.91 Å². The summed E-state index contributed by atoms with van der Waals surface area (Å²) < 4.78 is 5.83. The number of ether oxygens (including phenoxy) is 1. The zero-order valence-electron chi connectivity index (χ0n) is 12.3. The molecule has 114 valence electrons. The third-order valence-corrected chi connectivity index (χ3v) is 3.68. The van der Waals surface area contributed by atoms with E-state index < -0.39 is 0 Å². The number of para-hydroxylation sites is 1. The van der Waals surface area contributed by atoms with Gasteiger partial charge >= 0.3 is 0 Å². The lowest BCUT2D eigenvalue weighted by molar-refractivity contribution is -0.120. The molecule has 2 N–H and O–H groups in total. The number of benzene rings is 1. The summed E-state index contributed by atoms with van der Waals surface area (Å²) in [6.45, 7) is 1.71. The van der Waals surface area contributed by atoms with Crippen LogP contribution in [0.25, 0.3) is 0 Å². The second-order valence-corrected chi connectivity index (χ2v) is 5.32. The summed E-state index contributed by atoms with van der Waals surface area (Å²) in [6, 6.07) is 11.2. The number of hydrogen-bond donors (Lipinski definition) is 2. The van der Waals surface area contributed by atoms with Gasteiger partial charge in [-0.1, -0.05) is 18.2 Å². The molecule has 0 radical (unpaired) electrons. The third kappa shape index (κ3) is 3.62. The molecule has 1 aromatic carbocycles. The fraction of sp³-hybridized carbons (Fsp3) is 0.294. The number of piperidine rings is 1. The van der Waals surface area contributed by atoms with Crippen molar-refractivity contribution in [2.24, 2.45) is 5.92 Å². The molecule has 1 aliphatic rings. The van der Waals surface area contributed by atoms with Crippen molar-refractivity contribution >= 4 is 11.6 Å². The minimum absolute atomic E-state index is 0.00136. The standard InChI is InChI=1S/C17H19N3O2/c21-17(13-5-4-9-18-11-13)20-15-12-19-10-8-16(15)22-14-6-2-1-3-7-14/h1-3,6-8,10,12-13,18H,4-5,9,11H2,(H,20,21). The predicted octanol–water partition coefficient (Wildman–Crippen LogP) is 2.81. The second kappa shape index (κ2) is 7.04. The first-order valence-electron chi connectivity index (χ1n) is 7.51. The number of amides is 1. The zero-order chi connectivity index (χ0) is 15.2. The molecule has 3 rings (SSSR count). The van der Waals surface area contributed by atoms with Crippen molar-refractivity contribution in [3.05, 3.63) is 48.8 Å². The largest absolute Gasteiger partial charge is 0.455 e. The van der Waals surface area contributed by atoms with E-state index in [0.29, 0.717) is 11.4 Å². The van der Waals surface area contributed by atoms with Gasteiger partial charge in [0.1, 0.15) is 11.4 Å². The summed E-state index contributed by atoms with van der Waals surface area (Å²) in [5.74, 6) is 1.33. The molecule has 1 aliphatic heterocycles. The Labute approximate surface area is 129 Å². The molecule has 0 aliphatic carbocycles.